The van der Waals surface area contributed by atoms with Crippen molar-refractivity contribution >= 4 is 5.97 Å². The molecule has 0 saturated carbocycles. The van der Waals surface area contributed by atoms with Crippen LogP contribution >= 0.6 is 0 Å². The van der Waals surface area contributed by atoms with E-state index in [1.54, 1.807) is 0 Å². The van der Waals surface area contributed by atoms with E-state index in [-0.39, 0.29) is 5.76 Å². The van der Waals surface area contributed by atoms with Gasteiger partial charge in [-0.1, -0.05) is 54.6 Å². The highest BCUT2D eigenvalue weighted by molar-refractivity contribution is 5.88. The summed E-state index contributed by atoms with van der Waals surface area (Å²) in [6, 6.07) is 19.9. The van der Waals surface area contributed by atoms with Gasteiger partial charge >= 0.3 is 11.6 Å². The molecule has 0 radical (unpaired) electrons. The Morgan fingerprint density at radius 2 is 1.41 bits per heavy atom. The molecule has 0 atom stereocenters. The maximum absolute atomic E-state index is 11.6. The van der Waals surface area contributed by atoms with Gasteiger partial charge < -0.3 is 9.52 Å². The molecule has 22 heavy (non-hydrogen) atoms. The Hall–Kier alpha value is -3.14. The van der Waals surface area contributed by atoms with Gasteiger partial charge in [-0.15, -0.1) is 0 Å². The van der Waals surface area contributed by atoms with Crippen molar-refractivity contribution in [3.63, 3.8) is 0 Å². The molecule has 4 nitrogen and oxygen atoms in total. The average molecular weight is 292 g/mol. The standard InChI is InChI=1S/C18H12O4/c19-17-11-13(10-16(22-17)18(20)21)15-9-5-4-8-14(15)12-6-2-1-3-7-12/h1-11H,(H,20,21). The topological polar surface area (TPSA) is 67.5 Å². The lowest BCUT2D eigenvalue weighted by Crippen LogP contribution is -2.05. The third-order valence-electron chi connectivity index (χ3n) is 3.30. The summed E-state index contributed by atoms with van der Waals surface area (Å²) in [6.07, 6.45) is 0. The van der Waals surface area contributed by atoms with E-state index < -0.39 is 11.6 Å². The Bertz CT molecular complexity index is 879. The van der Waals surface area contributed by atoms with Crippen molar-refractivity contribution in [3.8, 4) is 22.3 Å². The molecule has 0 aliphatic carbocycles. The molecule has 0 saturated heterocycles. The van der Waals surface area contributed by atoms with Gasteiger partial charge in [-0.2, -0.15) is 0 Å². The predicted molar refractivity (Wildman–Crippen MR) is 82.8 cm³/mol. The normalized spacial score (nSPS) is 10.4. The number of carboxylic acids is 1. The third-order valence-corrected chi connectivity index (χ3v) is 3.30. The highest BCUT2D eigenvalue weighted by atomic mass is 16.4. The van der Waals surface area contributed by atoms with E-state index in [9.17, 15) is 9.59 Å². The molecular formula is C18H12O4. The molecule has 4 heteroatoms. The number of hydrogen-bond donors (Lipinski definition) is 1. The highest BCUT2D eigenvalue weighted by Crippen LogP contribution is 2.31. The van der Waals surface area contributed by atoms with E-state index in [2.05, 4.69) is 0 Å². The summed E-state index contributed by atoms with van der Waals surface area (Å²) >= 11 is 0. The van der Waals surface area contributed by atoms with Gasteiger partial charge in [0, 0.05) is 6.07 Å². The van der Waals surface area contributed by atoms with Gasteiger partial charge in [0.15, 0.2) is 0 Å². The fraction of sp³-hybridized carbons (Fsp3) is 0. The summed E-state index contributed by atoms with van der Waals surface area (Å²) in [6.45, 7) is 0. The van der Waals surface area contributed by atoms with E-state index in [0.717, 1.165) is 16.7 Å². The summed E-state index contributed by atoms with van der Waals surface area (Å²) in [7, 11) is 0. The van der Waals surface area contributed by atoms with E-state index in [0.29, 0.717) is 5.56 Å². The lowest BCUT2D eigenvalue weighted by Gasteiger charge is -2.10. The summed E-state index contributed by atoms with van der Waals surface area (Å²) in [4.78, 5) is 22.7. The first-order valence-electron chi connectivity index (χ1n) is 6.68. The second-order valence-corrected chi connectivity index (χ2v) is 4.75. The monoisotopic (exact) mass is 292 g/mol. The Morgan fingerprint density at radius 3 is 2.05 bits per heavy atom. The van der Waals surface area contributed by atoms with Crippen LogP contribution in [0, 0.1) is 0 Å². The van der Waals surface area contributed by atoms with Crippen LogP contribution in [0.5, 0.6) is 0 Å². The first-order chi connectivity index (χ1) is 10.6. The fourth-order valence-electron chi connectivity index (χ4n) is 2.34. The van der Waals surface area contributed by atoms with Crippen LogP contribution in [0.1, 0.15) is 10.6 Å². The summed E-state index contributed by atoms with van der Waals surface area (Å²) < 4.78 is 4.69. The van der Waals surface area contributed by atoms with Crippen LogP contribution in [-0.4, -0.2) is 11.1 Å². The van der Waals surface area contributed by atoms with Crippen LogP contribution in [0.3, 0.4) is 0 Å². The molecule has 2 aromatic carbocycles. The molecule has 1 aromatic heterocycles. The zero-order chi connectivity index (χ0) is 15.5. The maximum atomic E-state index is 11.6. The minimum atomic E-state index is -1.27. The van der Waals surface area contributed by atoms with Crippen molar-refractivity contribution in [1.82, 2.24) is 0 Å². The van der Waals surface area contributed by atoms with Crippen molar-refractivity contribution in [3.05, 3.63) is 82.9 Å². The number of carbonyl (C=O) groups is 1. The number of carboxylic acid groups (broad SMARTS) is 1. The highest BCUT2D eigenvalue weighted by Gasteiger charge is 2.13. The first kappa shape index (κ1) is 13.8. The lowest BCUT2D eigenvalue weighted by atomic mass is 9.95. The molecule has 0 unspecified atom stereocenters. The first-order valence-corrected chi connectivity index (χ1v) is 6.68. The molecule has 3 aromatic rings. The van der Waals surface area contributed by atoms with Crippen molar-refractivity contribution in [1.29, 1.82) is 0 Å². The predicted octanol–water partition coefficient (Wildman–Crippen LogP) is 3.67. The maximum Gasteiger partial charge on any atom is 0.371 e. The second kappa shape index (κ2) is 5.69. The fourth-order valence-corrected chi connectivity index (χ4v) is 2.34. The van der Waals surface area contributed by atoms with E-state index >= 15 is 0 Å². The second-order valence-electron chi connectivity index (χ2n) is 4.75. The van der Waals surface area contributed by atoms with Crippen molar-refractivity contribution < 1.29 is 14.3 Å². The quantitative estimate of drug-likeness (QED) is 0.799. The zero-order valence-corrected chi connectivity index (χ0v) is 11.5. The Kier molecular flexibility index (Phi) is 3.58. The zero-order valence-electron chi connectivity index (χ0n) is 11.5. The molecule has 0 spiro atoms. The average Bonchev–Trinajstić information content (AvgIpc) is 2.55. The SMILES string of the molecule is O=C(O)c1cc(-c2ccccc2-c2ccccc2)cc(=O)o1. The molecule has 0 fully saturated rings. The van der Waals surface area contributed by atoms with Crippen LogP contribution in [-0.2, 0) is 0 Å². The van der Waals surface area contributed by atoms with Crippen LogP contribution in [0.25, 0.3) is 22.3 Å². The van der Waals surface area contributed by atoms with E-state index in [1.165, 1.54) is 12.1 Å². The van der Waals surface area contributed by atoms with Crippen LogP contribution in [0.15, 0.2) is 75.9 Å². The van der Waals surface area contributed by atoms with Crippen LogP contribution in [0.4, 0.5) is 0 Å². The van der Waals surface area contributed by atoms with Crippen LogP contribution in [0.2, 0.25) is 0 Å². The smallest absolute Gasteiger partial charge is 0.371 e. The number of aromatic carboxylic acids is 1. The Labute approximate surface area is 126 Å². The number of benzene rings is 2. The van der Waals surface area contributed by atoms with Crippen molar-refractivity contribution in [2.45, 2.75) is 0 Å². The lowest BCUT2D eigenvalue weighted by molar-refractivity contribution is 0.0657. The Balaban J connectivity index is 2.22. The molecule has 0 bridgehead atoms. The minimum Gasteiger partial charge on any atom is -0.475 e. The summed E-state index contributed by atoms with van der Waals surface area (Å²) in [5.41, 5.74) is 2.53. The van der Waals surface area contributed by atoms with Gasteiger partial charge in [0.05, 0.1) is 0 Å². The van der Waals surface area contributed by atoms with Gasteiger partial charge in [-0.3, -0.25) is 0 Å². The Morgan fingerprint density at radius 1 is 0.818 bits per heavy atom. The van der Waals surface area contributed by atoms with Gasteiger partial charge in [0.25, 0.3) is 0 Å². The molecule has 3 rings (SSSR count). The van der Waals surface area contributed by atoms with Gasteiger partial charge in [-0.25, -0.2) is 9.59 Å². The number of hydrogen-bond acceptors (Lipinski definition) is 3. The molecule has 0 amide bonds. The number of rotatable bonds is 3. The van der Waals surface area contributed by atoms with Gasteiger partial charge in [0.1, 0.15) is 0 Å². The summed E-state index contributed by atoms with van der Waals surface area (Å²) in [5.74, 6) is -1.64. The van der Waals surface area contributed by atoms with Crippen molar-refractivity contribution in [2.24, 2.45) is 0 Å². The minimum absolute atomic E-state index is 0.370. The van der Waals surface area contributed by atoms with Gasteiger partial charge in [-0.05, 0) is 28.3 Å². The van der Waals surface area contributed by atoms with Crippen LogP contribution < -0.4 is 5.63 Å². The van der Waals surface area contributed by atoms with Gasteiger partial charge in [0.2, 0.25) is 5.76 Å². The third kappa shape index (κ3) is 2.67. The van der Waals surface area contributed by atoms with E-state index in [1.807, 2.05) is 54.6 Å². The van der Waals surface area contributed by atoms with Crippen molar-refractivity contribution in [2.75, 3.05) is 0 Å². The molecule has 108 valence electrons. The summed E-state index contributed by atoms with van der Waals surface area (Å²) in [5, 5.41) is 9.03. The molecule has 0 aliphatic heterocycles. The molecule has 0 aliphatic rings. The largest absolute Gasteiger partial charge is 0.475 e. The molecular weight excluding hydrogens is 280 g/mol. The molecule has 1 N–H and O–H groups in total. The molecule has 1 heterocycles. The van der Waals surface area contributed by atoms with E-state index in [4.69, 9.17) is 9.52 Å².